The second kappa shape index (κ2) is 5.90. The number of nitro benzene ring substituents is 1. The minimum Gasteiger partial charge on any atom is -0.465 e. The van der Waals surface area contributed by atoms with Crippen molar-refractivity contribution in [2.24, 2.45) is 0 Å². The van der Waals surface area contributed by atoms with Gasteiger partial charge in [0.15, 0.2) is 0 Å². The Kier molecular flexibility index (Phi) is 4.22. The Morgan fingerprint density at radius 3 is 2.75 bits per heavy atom. The molecule has 2 rings (SSSR count). The number of nitro groups is 1. The van der Waals surface area contributed by atoms with Gasteiger partial charge in [0.1, 0.15) is 6.54 Å². The maximum absolute atomic E-state index is 11.7. The smallest absolute Gasteiger partial charge is 0.325 e. The molecule has 6 heteroatoms. The molecule has 0 N–H and O–H groups in total. The molecule has 0 saturated heterocycles. The number of hydrogen-bond donors (Lipinski definition) is 0. The molecule has 0 bridgehead atoms. The lowest BCUT2D eigenvalue weighted by molar-refractivity contribution is -0.385. The van der Waals surface area contributed by atoms with Crippen molar-refractivity contribution < 1.29 is 14.5 Å². The van der Waals surface area contributed by atoms with Gasteiger partial charge in [-0.05, 0) is 32.8 Å². The highest BCUT2D eigenvalue weighted by molar-refractivity contribution is 5.77. The summed E-state index contributed by atoms with van der Waals surface area (Å²) >= 11 is 0. The monoisotopic (exact) mass is 278 g/mol. The zero-order chi connectivity index (χ0) is 14.7. The number of carbonyl (C=O) groups excluding carboxylic acids is 1. The molecule has 0 atom stereocenters. The van der Waals surface area contributed by atoms with Gasteiger partial charge in [0.2, 0.25) is 0 Å². The summed E-state index contributed by atoms with van der Waals surface area (Å²) in [6.07, 6.45) is 2.00. The van der Waals surface area contributed by atoms with E-state index in [-0.39, 0.29) is 24.2 Å². The largest absolute Gasteiger partial charge is 0.465 e. The molecule has 0 amide bonds. The molecule has 0 aliphatic heterocycles. The van der Waals surface area contributed by atoms with Crippen molar-refractivity contribution in [2.45, 2.75) is 32.7 Å². The average Bonchev–Trinajstić information content (AvgIpc) is 3.21. The minimum atomic E-state index is -0.395. The van der Waals surface area contributed by atoms with Crippen molar-refractivity contribution >= 4 is 17.3 Å². The molecule has 0 heterocycles. The molecule has 1 aliphatic carbocycles. The third-order valence-electron chi connectivity index (χ3n) is 3.38. The summed E-state index contributed by atoms with van der Waals surface area (Å²) < 4.78 is 4.97. The van der Waals surface area contributed by atoms with Crippen LogP contribution in [0.25, 0.3) is 0 Å². The van der Waals surface area contributed by atoms with E-state index in [0.29, 0.717) is 12.2 Å². The molecule has 0 aromatic heterocycles. The number of rotatable bonds is 6. The molecular formula is C14H18N2O4. The van der Waals surface area contributed by atoms with Crippen LogP contribution in [0.2, 0.25) is 0 Å². The number of ether oxygens (including phenoxy) is 1. The third kappa shape index (κ3) is 3.07. The van der Waals surface area contributed by atoms with E-state index in [0.717, 1.165) is 18.5 Å². The summed E-state index contributed by atoms with van der Waals surface area (Å²) in [5, 5.41) is 11.0. The fourth-order valence-electron chi connectivity index (χ4n) is 2.26. The Balaban J connectivity index is 2.28. The van der Waals surface area contributed by atoms with E-state index >= 15 is 0 Å². The fourth-order valence-corrected chi connectivity index (χ4v) is 2.26. The zero-order valence-electron chi connectivity index (χ0n) is 11.7. The molecule has 108 valence electrons. The maximum atomic E-state index is 11.7. The van der Waals surface area contributed by atoms with Crippen LogP contribution >= 0.6 is 0 Å². The molecular weight excluding hydrogens is 260 g/mol. The van der Waals surface area contributed by atoms with Crippen molar-refractivity contribution in [3.8, 4) is 0 Å². The van der Waals surface area contributed by atoms with E-state index in [1.165, 1.54) is 6.07 Å². The molecule has 1 aliphatic rings. The first kappa shape index (κ1) is 14.3. The minimum absolute atomic E-state index is 0.0806. The van der Waals surface area contributed by atoms with Gasteiger partial charge in [0, 0.05) is 17.8 Å². The fraction of sp³-hybridized carbons (Fsp3) is 0.500. The Morgan fingerprint density at radius 2 is 2.20 bits per heavy atom. The van der Waals surface area contributed by atoms with E-state index in [1.54, 1.807) is 19.9 Å². The van der Waals surface area contributed by atoms with Gasteiger partial charge >= 0.3 is 5.97 Å². The van der Waals surface area contributed by atoms with Crippen LogP contribution in [-0.2, 0) is 9.53 Å². The number of esters is 1. The predicted octanol–water partition coefficient (Wildman–Crippen LogP) is 2.44. The van der Waals surface area contributed by atoms with Gasteiger partial charge in [-0.1, -0.05) is 6.07 Å². The summed E-state index contributed by atoms with van der Waals surface area (Å²) in [6.45, 7) is 3.96. The van der Waals surface area contributed by atoms with Crippen molar-refractivity contribution in [2.75, 3.05) is 18.1 Å². The Bertz CT molecular complexity index is 526. The van der Waals surface area contributed by atoms with E-state index < -0.39 is 4.92 Å². The highest BCUT2D eigenvalue weighted by Crippen LogP contribution is 2.36. The topological polar surface area (TPSA) is 72.7 Å². The molecule has 6 nitrogen and oxygen atoms in total. The van der Waals surface area contributed by atoms with Gasteiger partial charge in [0.05, 0.1) is 17.1 Å². The molecule has 1 saturated carbocycles. The van der Waals surface area contributed by atoms with E-state index in [2.05, 4.69) is 0 Å². The lowest BCUT2D eigenvalue weighted by atomic mass is 10.1. The van der Waals surface area contributed by atoms with Gasteiger partial charge in [-0.25, -0.2) is 0 Å². The average molecular weight is 278 g/mol. The molecule has 1 fully saturated rings. The summed E-state index contributed by atoms with van der Waals surface area (Å²) in [5.41, 5.74) is 1.42. The molecule has 0 spiro atoms. The quantitative estimate of drug-likeness (QED) is 0.454. The van der Waals surface area contributed by atoms with E-state index in [4.69, 9.17) is 4.74 Å². The van der Waals surface area contributed by atoms with Crippen LogP contribution in [0.3, 0.4) is 0 Å². The molecule has 1 aromatic carbocycles. The first-order chi connectivity index (χ1) is 9.54. The Hall–Kier alpha value is -2.11. The van der Waals surface area contributed by atoms with Crippen molar-refractivity contribution in [3.05, 3.63) is 33.9 Å². The lowest BCUT2D eigenvalue weighted by Gasteiger charge is -2.25. The normalized spacial score (nSPS) is 13.9. The zero-order valence-corrected chi connectivity index (χ0v) is 11.7. The van der Waals surface area contributed by atoms with E-state index in [9.17, 15) is 14.9 Å². The summed E-state index contributed by atoms with van der Waals surface area (Å²) in [7, 11) is 0. The van der Waals surface area contributed by atoms with Crippen LogP contribution in [0.15, 0.2) is 18.2 Å². The van der Waals surface area contributed by atoms with Gasteiger partial charge < -0.3 is 9.64 Å². The maximum Gasteiger partial charge on any atom is 0.325 e. The second-order valence-electron chi connectivity index (χ2n) is 4.84. The molecule has 1 aromatic rings. The van der Waals surface area contributed by atoms with Crippen molar-refractivity contribution in [1.82, 2.24) is 0 Å². The standard InChI is InChI=1S/C14H18N2O4/c1-3-20-14(17)9-15(11-7-8-11)12-5-4-6-13(10(12)2)16(18)19/h4-6,11H,3,7-9H2,1-2H3. The van der Waals surface area contributed by atoms with Crippen molar-refractivity contribution in [1.29, 1.82) is 0 Å². The molecule has 0 unspecified atom stereocenters. The first-order valence-electron chi connectivity index (χ1n) is 6.70. The lowest BCUT2D eigenvalue weighted by Crippen LogP contribution is -2.33. The predicted molar refractivity (Wildman–Crippen MR) is 74.8 cm³/mol. The number of benzene rings is 1. The SMILES string of the molecule is CCOC(=O)CN(c1cccc([N+](=O)[O-])c1C)C1CC1. The highest BCUT2D eigenvalue weighted by atomic mass is 16.6. The van der Waals surface area contributed by atoms with Crippen LogP contribution in [0.5, 0.6) is 0 Å². The number of nitrogens with zero attached hydrogens (tertiary/aromatic N) is 2. The van der Waals surface area contributed by atoms with Crippen molar-refractivity contribution in [3.63, 3.8) is 0 Å². The Labute approximate surface area is 117 Å². The summed E-state index contributed by atoms with van der Waals surface area (Å²) in [5.74, 6) is -0.301. The van der Waals surface area contributed by atoms with Crippen LogP contribution in [-0.4, -0.2) is 30.1 Å². The number of anilines is 1. The summed E-state index contributed by atoms with van der Waals surface area (Å²) in [6, 6.07) is 5.23. The van der Waals surface area contributed by atoms with Crippen LogP contribution in [0.4, 0.5) is 11.4 Å². The van der Waals surface area contributed by atoms with Crippen LogP contribution in [0.1, 0.15) is 25.3 Å². The van der Waals surface area contributed by atoms with Crippen LogP contribution in [0, 0.1) is 17.0 Å². The van der Waals surface area contributed by atoms with Crippen LogP contribution < -0.4 is 4.90 Å². The summed E-state index contributed by atoms with van der Waals surface area (Å²) in [4.78, 5) is 24.2. The second-order valence-corrected chi connectivity index (χ2v) is 4.84. The van der Waals surface area contributed by atoms with Gasteiger partial charge in [-0.15, -0.1) is 0 Å². The third-order valence-corrected chi connectivity index (χ3v) is 3.38. The van der Waals surface area contributed by atoms with Gasteiger partial charge in [0.25, 0.3) is 5.69 Å². The van der Waals surface area contributed by atoms with Gasteiger partial charge in [-0.2, -0.15) is 0 Å². The first-order valence-corrected chi connectivity index (χ1v) is 6.70. The molecule has 0 radical (unpaired) electrons. The number of carbonyl (C=O) groups is 1. The Morgan fingerprint density at radius 1 is 1.50 bits per heavy atom. The molecule has 20 heavy (non-hydrogen) atoms. The van der Waals surface area contributed by atoms with Gasteiger partial charge in [-0.3, -0.25) is 14.9 Å². The van der Waals surface area contributed by atoms with E-state index in [1.807, 2.05) is 11.0 Å². The highest BCUT2D eigenvalue weighted by Gasteiger charge is 2.32. The number of hydrogen-bond acceptors (Lipinski definition) is 5.